The van der Waals surface area contributed by atoms with E-state index < -0.39 is 8.60 Å². The van der Waals surface area contributed by atoms with Crippen LogP contribution >= 0.6 is 8.60 Å². The lowest BCUT2D eigenvalue weighted by Gasteiger charge is -1.76. The van der Waals surface area contributed by atoms with Gasteiger partial charge >= 0.3 is 8.60 Å². The zero-order valence-electron chi connectivity index (χ0n) is 6.03. The standard InChI is InChI=1S/3C2H4.H3O3P/c3*1-2;1-4(2)3/h3*1-2H2;1-3H. The molecule has 0 saturated heterocycles. The summed E-state index contributed by atoms with van der Waals surface area (Å²) in [4.78, 5) is 21.7. The van der Waals surface area contributed by atoms with E-state index in [0.717, 1.165) is 0 Å². The first-order valence-corrected chi connectivity index (χ1v) is 3.30. The molecule has 0 amide bonds. The average Bonchev–Trinajstić information content (AvgIpc) is 1.98. The average molecular weight is 166 g/mol. The lowest BCUT2D eigenvalue weighted by Crippen LogP contribution is -1.54. The molecule has 0 aromatic carbocycles. The summed E-state index contributed by atoms with van der Waals surface area (Å²) in [5.74, 6) is 0. The molecule has 0 atom stereocenters. The van der Waals surface area contributed by atoms with Crippen LogP contribution in [0.25, 0.3) is 0 Å². The van der Waals surface area contributed by atoms with Crippen LogP contribution in [0.5, 0.6) is 0 Å². The molecule has 0 spiro atoms. The maximum Gasteiger partial charge on any atom is 0.324 e. The molecule has 0 aliphatic rings. The summed E-state index contributed by atoms with van der Waals surface area (Å²) in [5, 5.41) is 0. The van der Waals surface area contributed by atoms with Crippen LogP contribution in [0.15, 0.2) is 39.5 Å². The van der Waals surface area contributed by atoms with E-state index in [4.69, 9.17) is 14.7 Å². The van der Waals surface area contributed by atoms with E-state index in [9.17, 15) is 0 Å². The maximum absolute atomic E-state index is 7.23. The highest BCUT2D eigenvalue weighted by atomic mass is 31.2. The van der Waals surface area contributed by atoms with Crippen LogP contribution in [0.1, 0.15) is 0 Å². The first-order chi connectivity index (χ1) is 4.73. The zero-order chi connectivity index (χ0) is 9.58. The highest BCUT2D eigenvalue weighted by Crippen LogP contribution is 2.11. The van der Waals surface area contributed by atoms with Crippen molar-refractivity contribution in [3.8, 4) is 0 Å². The fraction of sp³-hybridized carbons (Fsp3) is 0. The summed E-state index contributed by atoms with van der Waals surface area (Å²) >= 11 is 0. The molecule has 4 heteroatoms. The van der Waals surface area contributed by atoms with Gasteiger partial charge in [0.1, 0.15) is 0 Å². The fourth-order valence-corrected chi connectivity index (χ4v) is 0. The lowest BCUT2D eigenvalue weighted by molar-refractivity contribution is 0.368. The van der Waals surface area contributed by atoms with Gasteiger partial charge in [-0.2, -0.15) is 0 Å². The molecule has 0 aliphatic heterocycles. The monoisotopic (exact) mass is 166 g/mol. The molecule has 0 radical (unpaired) electrons. The minimum atomic E-state index is -2.62. The summed E-state index contributed by atoms with van der Waals surface area (Å²) in [7, 11) is -2.62. The first kappa shape index (κ1) is 22.7. The van der Waals surface area contributed by atoms with Crippen LogP contribution in [0.3, 0.4) is 0 Å². The van der Waals surface area contributed by atoms with Gasteiger partial charge in [0.2, 0.25) is 0 Å². The Morgan fingerprint density at radius 3 is 0.600 bits per heavy atom. The van der Waals surface area contributed by atoms with E-state index in [1.165, 1.54) is 0 Å². The third-order valence-electron chi connectivity index (χ3n) is 0. The van der Waals surface area contributed by atoms with Gasteiger partial charge < -0.3 is 14.7 Å². The van der Waals surface area contributed by atoms with Gasteiger partial charge in [-0.05, 0) is 0 Å². The Labute approximate surface area is 63.7 Å². The smallest absolute Gasteiger partial charge is 0.324 e. The van der Waals surface area contributed by atoms with Crippen molar-refractivity contribution >= 4 is 8.60 Å². The second-order valence-corrected chi connectivity index (χ2v) is 0.805. The van der Waals surface area contributed by atoms with Crippen LogP contribution in [-0.4, -0.2) is 14.7 Å². The SMILES string of the molecule is C=C.C=C.C=C.OP(O)O. The van der Waals surface area contributed by atoms with E-state index in [0.29, 0.717) is 0 Å². The molecule has 0 heterocycles. The van der Waals surface area contributed by atoms with Crippen LogP contribution in [0.2, 0.25) is 0 Å². The summed E-state index contributed by atoms with van der Waals surface area (Å²) < 4.78 is 0. The van der Waals surface area contributed by atoms with E-state index in [1.54, 1.807) is 0 Å². The summed E-state index contributed by atoms with van der Waals surface area (Å²) in [6.45, 7) is 18.0. The predicted octanol–water partition coefficient (Wildman–Crippen LogP) is 1.60. The lowest BCUT2D eigenvalue weighted by atomic mass is 11.3. The molecule has 0 aliphatic carbocycles. The minimum absolute atomic E-state index is 2.62. The third kappa shape index (κ3) is 1450. The van der Waals surface area contributed by atoms with E-state index >= 15 is 0 Å². The Hall–Kier alpha value is -0.470. The molecule has 0 aromatic rings. The van der Waals surface area contributed by atoms with Crippen molar-refractivity contribution in [3.05, 3.63) is 39.5 Å². The number of hydrogen-bond donors (Lipinski definition) is 3. The van der Waals surface area contributed by atoms with Gasteiger partial charge in [-0.15, -0.1) is 39.5 Å². The molecule has 0 aromatic heterocycles. The second kappa shape index (κ2) is 75.6. The largest absolute Gasteiger partial charge is 0.328 e. The van der Waals surface area contributed by atoms with Gasteiger partial charge in [-0.3, -0.25) is 0 Å². The topological polar surface area (TPSA) is 60.7 Å². The quantitative estimate of drug-likeness (QED) is 0.378. The Balaban J connectivity index is -0.0000000262. The fourth-order valence-electron chi connectivity index (χ4n) is 0. The van der Waals surface area contributed by atoms with E-state index in [-0.39, 0.29) is 0 Å². The Bertz CT molecular complexity index is 34.5. The number of rotatable bonds is 0. The third-order valence-corrected chi connectivity index (χ3v) is 0. The summed E-state index contributed by atoms with van der Waals surface area (Å²) in [5.41, 5.74) is 0. The van der Waals surface area contributed by atoms with Crippen molar-refractivity contribution in [2.75, 3.05) is 0 Å². The predicted molar refractivity (Wildman–Crippen MR) is 47.3 cm³/mol. The van der Waals surface area contributed by atoms with Crippen molar-refractivity contribution in [2.45, 2.75) is 0 Å². The van der Waals surface area contributed by atoms with Gasteiger partial charge in [0, 0.05) is 0 Å². The maximum atomic E-state index is 7.23. The number of hydrogen-bond acceptors (Lipinski definition) is 3. The van der Waals surface area contributed by atoms with Crippen LogP contribution < -0.4 is 0 Å². The van der Waals surface area contributed by atoms with Gasteiger partial charge in [-0.1, -0.05) is 0 Å². The normalized spacial score (nSPS) is 4.80. The van der Waals surface area contributed by atoms with Gasteiger partial charge in [-0.25, -0.2) is 0 Å². The van der Waals surface area contributed by atoms with Gasteiger partial charge in [0.05, 0.1) is 0 Å². The molecule has 0 bridgehead atoms. The molecule has 10 heavy (non-hydrogen) atoms. The Kier molecular flexibility index (Phi) is 171. The molecule has 0 fully saturated rings. The first-order valence-electron chi connectivity index (χ1n) is 2.10. The van der Waals surface area contributed by atoms with Crippen molar-refractivity contribution in [2.24, 2.45) is 0 Å². The van der Waals surface area contributed by atoms with Crippen LogP contribution in [0, 0.1) is 0 Å². The van der Waals surface area contributed by atoms with Crippen molar-refractivity contribution in [1.29, 1.82) is 0 Å². The molecule has 0 rings (SSSR count). The molecule has 3 nitrogen and oxygen atoms in total. The van der Waals surface area contributed by atoms with Crippen molar-refractivity contribution in [3.63, 3.8) is 0 Å². The zero-order valence-corrected chi connectivity index (χ0v) is 6.93. The van der Waals surface area contributed by atoms with Crippen molar-refractivity contribution in [1.82, 2.24) is 0 Å². The highest BCUT2D eigenvalue weighted by Gasteiger charge is 1.76. The van der Waals surface area contributed by atoms with Gasteiger partial charge in [0.15, 0.2) is 0 Å². The van der Waals surface area contributed by atoms with Crippen LogP contribution in [0.4, 0.5) is 0 Å². The van der Waals surface area contributed by atoms with E-state index in [1.807, 2.05) is 0 Å². The molecule has 0 saturated carbocycles. The molecular formula is C6H15O3P. The molecular weight excluding hydrogens is 151 g/mol. The van der Waals surface area contributed by atoms with Gasteiger partial charge in [0.25, 0.3) is 0 Å². The van der Waals surface area contributed by atoms with Crippen molar-refractivity contribution < 1.29 is 14.7 Å². The summed E-state index contributed by atoms with van der Waals surface area (Å²) in [6, 6.07) is 0. The molecule has 3 N–H and O–H groups in total. The minimum Gasteiger partial charge on any atom is -0.328 e. The molecule has 0 unspecified atom stereocenters. The highest BCUT2D eigenvalue weighted by molar-refractivity contribution is 7.38. The Morgan fingerprint density at radius 1 is 0.600 bits per heavy atom. The Morgan fingerprint density at radius 2 is 0.600 bits per heavy atom. The molecule has 62 valence electrons. The summed E-state index contributed by atoms with van der Waals surface area (Å²) in [6.07, 6.45) is 0. The van der Waals surface area contributed by atoms with E-state index in [2.05, 4.69) is 39.5 Å². The van der Waals surface area contributed by atoms with Crippen LogP contribution in [-0.2, 0) is 0 Å². The second-order valence-electron chi connectivity index (χ2n) is 0.268.